The highest BCUT2D eigenvalue weighted by Gasteiger charge is 2.12. The van der Waals surface area contributed by atoms with Gasteiger partial charge >= 0.3 is 5.97 Å². The smallest absolute Gasteiger partial charge is 0.354 e. The van der Waals surface area contributed by atoms with Crippen LogP contribution >= 0.6 is 15.9 Å². The molecule has 0 aliphatic rings. The van der Waals surface area contributed by atoms with E-state index in [4.69, 9.17) is 0 Å². The Labute approximate surface area is 106 Å². The van der Waals surface area contributed by atoms with E-state index in [1.165, 1.54) is 7.11 Å². The van der Waals surface area contributed by atoms with Gasteiger partial charge in [-0.2, -0.15) is 0 Å². The summed E-state index contributed by atoms with van der Waals surface area (Å²) in [6, 6.07) is 5.32. The van der Waals surface area contributed by atoms with Gasteiger partial charge in [-0.15, -0.1) is 0 Å². The lowest BCUT2D eigenvalue weighted by Gasteiger charge is -2.06. The van der Waals surface area contributed by atoms with Gasteiger partial charge in [0.1, 0.15) is 5.69 Å². The molecule has 0 amide bonds. The highest BCUT2D eigenvalue weighted by atomic mass is 79.9. The topological polar surface area (TPSA) is 59.2 Å². The summed E-state index contributed by atoms with van der Waals surface area (Å²) in [4.78, 5) is 25.8. The van der Waals surface area contributed by atoms with Gasteiger partial charge < -0.3 is 9.72 Å². The maximum Gasteiger partial charge on any atom is 0.354 e. The number of nitrogens with one attached hydrogen (secondary N) is 1. The minimum atomic E-state index is -0.552. The first kappa shape index (κ1) is 11.9. The number of aromatic amines is 1. The van der Waals surface area contributed by atoms with Crippen LogP contribution < -0.4 is 5.56 Å². The third-order valence-electron chi connectivity index (χ3n) is 2.58. The first-order valence-corrected chi connectivity index (χ1v) is 5.74. The quantitative estimate of drug-likeness (QED) is 0.822. The summed E-state index contributed by atoms with van der Waals surface area (Å²) >= 11 is 3.32. The predicted octanol–water partition coefficient (Wildman–Crippen LogP) is 2.39. The average molecular weight is 296 g/mol. The van der Waals surface area contributed by atoms with Crippen molar-refractivity contribution in [2.45, 2.75) is 6.92 Å². The van der Waals surface area contributed by atoms with Crippen molar-refractivity contribution in [1.29, 1.82) is 0 Å². The molecule has 4 nitrogen and oxygen atoms in total. The number of pyridine rings is 1. The zero-order valence-corrected chi connectivity index (χ0v) is 10.9. The molecule has 0 atom stereocenters. The second-order valence-electron chi connectivity index (χ2n) is 3.66. The molecule has 1 heterocycles. The number of ether oxygens (including phenoxy) is 1. The molecule has 1 aromatic heterocycles. The summed E-state index contributed by atoms with van der Waals surface area (Å²) in [6.07, 6.45) is 0. The highest BCUT2D eigenvalue weighted by molar-refractivity contribution is 9.10. The molecule has 0 bridgehead atoms. The number of esters is 1. The Bertz CT molecular complexity index is 661. The molecule has 0 saturated carbocycles. The molecule has 0 radical (unpaired) electrons. The van der Waals surface area contributed by atoms with Gasteiger partial charge in [0, 0.05) is 4.47 Å². The molecule has 0 saturated heterocycles. The zero-order chi connectivity index (χ0) is 12.6. The Balaban J connectivity index is 2.87. The van der Waals surface area contributed by atoms with Gasteiger partial charge in [-0.3, -0.25) is 4.79 Å². The van der Waals surface area contributed by atoms with E-state index in [0.717, 1.165) is 10.9 Å². The summed E-state index contributed by atoms with van der Waals surface area (Å²) in [5.41, 5.74) is 0.782. The molecule has 0 aliphatic heterocycles. The van der Waals surface area contributed by atoms with Gasteiger partial charge in [-0.05, 0) is 45.9 Å². The monoisotopic (exact) mass is 295 g/mol. The number of methoxy groups -OCH3 is 1. The Morgan fingerprint density at radius 3 is 2.76 bits per heavy atom. The Kier molecular flexibility index (Phi) is 3.02. The molecule has 0 unspecified atom stereocenters. The maximum absolute atomic E-state index is 11.9. The van der Waals surface area contributed by atoms with Crippen LogP contribution in [0.25, 0.3) is 10.8 Å². The molecule has 88 valence electrons. The van der Waals surface area contributed by atoms with Crippen molar-refractivity contribution >= 4 is 32.7 Å². The zero-order valence-electron chi connectivity index (χ0n) is 9.33. The first-order chi connectivity index (χ1) is 8.04. The van der Waals surface area contributed by atoms with E-state index >= 15 is 0 Å². The standard InChI is InChI=1S/C12H10BrNO3/c1-6-3-4-8(13)10-7(6)5-9(12(16)17-2)14-11(10)15/h3-5H,1-2H3,(H,14,15). The van der Waals surface area contributed by atoms with Crippen LogP contribution in [-0.2, 0) is 4.74 Å². The molecule has 1 N–H and O–H groups in total. The SMILES string of the molecule is COC(=O)c1cc2c(C)ccc(Br)c2c(=O)[nH]1. The van der Waals surface area contributed by atoms with Crippen molar-refractivity contribution in [1.82, 2.24) is 4.98 Å². The Hall–Kier alpha value is -1.62. The fourth-order valence-corrected chi connectivity index (χ4v) is 2.22. The number of hydrogen-bond acceptors (Lipinski definition) is 3. The van der Waals surface area contributed by atoms with Gasteiger partial charge in [0.2, 0.25) is 0 Å². The van der Waals surface area contributed by atoms with E-state index in [1.54, 1.807) is 6.07 Å². The van der Waals surface area contributed by atoms with Crippen LogP contribution in [0.15, 0.2) is 27.5 Å². The van der Waals surface area contributed by atoms with Gasteiger partial charge in [0.05, 0.1) is 12.5 Å². The van der Waals surface area contributed by atoms with E-state index in [9.17, 15) is 9.59 Å². The fraction of sp³-hybridized carbons (Fsp3) is 0.167. The number of carbonyl (C=O) groups is 1. The third-order valence-corrected chi connectivity index (χ3v) is 3.24. The fourth-order valence-electron chi connectivity index (χ4n) is 1.70. The summed E-state index contributed by atoms with van der Waals surface area (Å²) in [7, 11) is 1.28. The number of fused-ring (bicyclic) bond motifs is 1. The van der Waals surface area contributed by atoms with Gasteiger partial charge in [-0.25, -0.2) is 4.79 Å². The minimum Gasteiger partial charge on any atom is -0.464 e. The van der Waals surface area contributed by atoms with E-state index in [2.05, 4.69) is 25.7 Å². The van der Waals surface area contributed by atoms with Crippen molar-refractivity contribution in [2.75, 3.05) is 7.11 Å². The van der Waals surface area contributed by atoms with Gasteiger partial charge in [-0.1, -0.05) is 6.07 Å². The molecule has 0 spiro atoms. The lowest BCUT2D eigenvalue weighted by atomic mass is 10.1. The van der Waals surface area contributed by atoms with Crippen molar-refractivity contribution in [3.8, 4) is 0 Å². The third kappa shape index (κ3) is 1.98. The number of halogens is 1. The van der Waals surface area contributed by atoms with Crippen LogP contribution in [0.4, 0.5) is 0 Å². The van der Waals surface area contributed by atoms with E-state index in [1.807, 2.05) is 19.1 Å². The second kappa shape index (κ2) is 4.33. The highest BCUT2D eigenvalue weighted by Crippen LogP contribution is 2.24. The number of hydrogen-bond donors (Lipinski definition) is 1. The maximum atomic E-state index is 11.9. The lowest BCUT2D eigenvalue weighted by Crippen LogP contribution is -2.14. The average Bonchev–Trinajstić information content (AvgIpc) is 2.32. The van der Waals surface area contributed by atoms with Crippen LogP contribution in [0, 0.1) is 6.92 Å². The van der Waals surface area contributed by atoms with Crippen LogP contribution in [0.2, 0.25) is 0 Å². The summed E-state index contributed by atoms with van der Waals surface area (Å²) in [5, 5.41) is 1.28. The first-order valence-electron chi connectivity index (χ1n) is 4.95. The Morgan fingerprint density at radius 1 is 1.41 bits per heavy atom. The number of rotatable bonds is 1. The summed E-state index contributed by atoms with van der Waals surface area (Å²) in [5.74, 6) is -0.552. The minimum absolute atomic E-state index is 0.159. The predicted molar refractivity (Wildman–Crippen MR) is 68.3 cm³/mol. The molecule has 2 rings (SSSR count). The summed E-state index contributed by atoms with van der Waals surface area (Å²) in [6.45, 7) is 1.88. The normalized spacial score (nSPS) is 10.5. The van der Waals surface area contributed by atoms with Crippen molar-refractivity contribution in [3.05, 3.63) is 44.3 Å². The molecule has 1 aromatic carbocycles. The van der Waals surface area contributed by atoms with Crippen LogP contribution in [0.5, 0.6) is 0 Å². The number of carbonyl (C=O) groups excluding carboxylic acids is 1. The number of H-pyrrole nitrogens is 1. The summed E-state index contributed by atoms with van der Waals surface area (Å²) < 4.78 is 5.29. The van der Waals surface area contributed by atoms with Crippen molar-refractivity contribution in [3.63, 3.8) is 0 Å². The molecule has 2 aromatic rings. The molecule has 0 aliphatic carbocycles. The van der Waals surface area contributed by atoms with Gasteiger partial charge in [0.25, 0.3) is 5.56 Å². The second-order valence-corrected chi connectivity index (χ2v) is 4.51. The lowest BCUT2D eigenvalue weighted by molar-refractivity contribution is 0.0594. The van der Waals surface area contributed by atoms with E-state index < -0.39 is 5.97 Å². The van der Waals surface area contributed by atoms with E-state index in [0.29, 0.717) is 9.86 Å². The Morgan fingerprint density at radius 2 is 2.12 bits per heavy atom. The van der Waals surface area contributed by atoms with Gasteiger partial charge in [0.15, 0.2) is 0 Å². The molecular formula is C12H10BrNO3. The van der Waals surface area contributed by atoms with Crippen molar-refractivity contribution in [2.24, 2.45) is 0 Å². The molecule has 5 heteroatoms. The molecular weight excluding hydrogens is 286 g/mol. The molecule has 17 heavy (non-hydrogen) atoms. The van der Waals surface area contributed by atoms with Crippen LogP contribution in [0.3, 0.4) is 0 Å². The number of aromatic nitrogens is 1. The number of benzene rings is 1. The van der Waals surface area contributed by atoms with Crippen LogP contribution in [-0.4, -0.2) is 18.1 Å². The molecule has 0 fully saturated rings. The van der Waals surface area contributed by atoms with Crippen LogP contribution in [0.1, 0.15) is 16.1 Å². The van der Waals surface area contributed by atoms with Crippen molar-refractivity contribution < 1.29 is 9.53 Å². The van der Waals surface area contributed by atoms with E-state index in [-0.39, 0.29) is 11.3 Å². The number of aryl methyl sites for hydroxylation is 1. The largest absolute Gasteiger partial charge is 0.464 e.